The van der Waals surface area contributed by atoms with Crippen LogP contribution in [0.25, 0.3) is 0 Å². The second kappa shape index (κ2) is 6.83. The molecule has 3 rings (SSSR count). The molecule has 1 aromatic heterocycles. The van der Waals surface area contributed by atoms with E-state index in [0.29, 0.717) is 12.4 Å². The van der Waals surface area contributed by atoms with Gasteiger partial charge in [0, 0.05) is 12.1 Å². The number of hydrogen-bond donors (Lipinski definition) is 1. The quantitative estimate of drug-likeness (QED) is 0.919. The Bertz CT molecular complexity index is 666. The first-order valence-electron chi connectivity index (χ1n) is 7.77. The first-order valence-corrected chi connectivity index (χ1v) is 7.77. The van der Waals surface area contributed by atoms with Crippen LogP contribution in [0.2, 0.25) is 0 Å². The number of carbonyl (C=O) groups excluding carboxylic acids is 1. The molecule has 1 aliphatic rings. The number of rotatable bonds is 5. The zero-order valence-corrected chi connectivity index (χ0v) is 13.4. The van der Waals surface area contributed by atoms with Crippen LogP contribution in [0.4, 0.5) is 5.88 Å². The van der Waals surface area contributed by atoms with Crippen molar-refractivity contribution in [1.82, 2.24) is 10.1 Å². The van der Waals surface area contributed by atoms with Gasteiger partial charge in [-0.05, 0) is 44.0 Å². The summed E-state index contributed by atoms with van der Waals surface area (Å²) in [6.07, 6.45) is 2.15. The summed E-state index contributed by atoms with van der Waals surface area (Å²) in [4.78, 5) is 14.4. The number of aryl methyl sites for hydroxylation is 1. The summed E-state index contributed by atoms with van der Waals surface area (Å²) in [5, 5.41) is 6.52. The molecule has 2 aromatic rings. The third-order valence-corrected chi connectivity index (χ3v) is 4.10. The number of methoxy groups -OCH3 is 1. The molecule has 1 fully saturated rings. The van der Waals surface area contributed by atoms with E-state index in [4.69, 9.17) is 9.26 Å². The number of likely N-dealkylation sites (tertiary alicyclic amines) is 1. The number of nitrogens with zero attached hydrogens (tertiary/aromatic N) is 2. The molecule has 6 heteroatoms. The van der Waals surface area contributed by atoms with Gasteiger partial charge < -0.3 is 9.26 Å². The molecule has 1 amide bonds. The third-order valence-electron chi connectivity index (χ3n) is 4.10. The number of aromatic nitrogens is 1. The zero-order chi connectivity index (χ0) is 16.2. The second-order valence-electron chi connectivity index (χ2n) is 5.78. The molecule has 1 aliphatic heterocycles. The minimum atomic E-state index is -0.0819. The summed E-state index contributed by atoms with van der Waals surface area (Å²) >= 11 is 0. The summed E-state index contributed by atoms with van der Waals surface area (Å²) < 4.78 is 10.2. The molecule has 1 saturated heterocycles. The maximum Gasteiger partial charge on any atom is 0.240 e. The molecule has 6 nitrogen and oxygen atoms in total. The molecule has 0 radical (unpaired) electrons. The fourth-order valence-corrected chi connectivity index (χ4v) is 3.00. The van der Waals surface area contributed by atoms with Gasteiger partial charge in [0.1, 0.15) is 5.75 Å². The van der Waals surface area contributed by atoms with Crippen LogP contribution in [0, 0.1) is 6.92 Å². The Kier molecular flexibility index (Phi) is 4.62. The number of ether oxygens (including phenoxy) is 1. The fourth-order valence-electron chi connectivity index (χ4n) is 3.00. The van der Waals surface area contributed by atoms with Crippen LogP contribution < -0.4 is 10.1 Å². The monoisotopic (exact) mass is 315 g/mol. The molecular formula is C17H21N3O3. The van der Waals surface area contributed by atoms with E-state index in [2.05, 4.69) is 27.5 Å². The van der Waals surface area contributed by atoms with Crippen molar-refractivity contribution in [2.24, 2.45) is 0 Å². The fraction of sp³-hybridized carbons (Fsp3) is 0.412. The Balaban J connectivity index is 1.62. The van der Waals surface area contributed by atoms with E-state index >= 15 is 0 Å². The smallest absolute Gasteiger partial charge is 0.240 e. The van der Waals surface area contributed by atoms with Crippen LogP contribution in [-0.4, -0.2) is 36.2 Å². The van der Waals surface area contributed by atoms with E-state index in [1.165, 1.54) is 5.56 Å². The van der Waals surface area contributed by atoms with Gasteiger partial charge in [-0.2, -0.15) is 0 Å². The van der Waals surface area contributed by atoms with E-state index in [9.17, 15) is 4.79 Å². The first-order chi connectivity index (χ1) is 11.2. The third kappa shape index (κ3) is 3.71. The molecule has 0 aliphatic carbocycles. The lowest BCUT2D eigenvalue weighted by Crippen LogP contribution is -2.32. The van der Waals surface area contributed by atoms with Crippen LogP contribution in [0.5, 0.6) is 5.75 Å². The van der Waals surface area contributed by atoms with Crippen molar-refractivity contribution in [3.05, 3.63) is 41.6 Å². The van der Waals surface area contributed by atoms with Crippen LogP contribution in [0.1, 0.15) is 30.1 Å². The lowest BCUT2D eigenvalue weighted by Gasteiger charge is -2.24. The molecule has 0 saturated carbocycles. The van der Waals surface area contributed by atoms with Gasteiger partial charge in [-0.15, -0.1) is 0 Å². The van der Waals surface area contributed by atoms with Crippen LogP contribution in [0.3, 0.4) is 0 Å². The van der Waals surface area contributed by atoms with Crippen LogP contribution in [-0.2, 0) is 4.79 Å². The van der Waals surface area contributed by atoms with E-state index in [0.717, 1.165) is 30.8 Å². The highest BCUT2D eigenvalue weighted by molar-refractivity contribution is 5.91. The highest BCUT2D eigenvalue weighted by Crippen LogP contribution is 2.32. The molecule has 1 atom stereocenters. The van der Waals surface area contributed by atoms with Gasteiger partial charge in [0.25, 0.3) is 0 Å². The normalized spacial score (nSPS) is 18.1. The van der Waals surface area contributed by atoms with Gasteiger partial charge in [0.2, 0.25) is 11.8 Å². The highest BCUT2D eigenvalue weighted by Gasteiger charge is 2.27. The predicted molar refractivity (Wildman–Crippen MR) is 86.4 cm³/mol. The van der Waals surface area contributed by atoms with E-state index in [1.807, 2.05) is 19.1 Å². The minimum absolute atomic E-state index is 0.0819. The predicted octanol–water partition coefficient (Wildman–Crippen LogP) is 2.77. The second-order valence-corrected chi connectivity index (χ2v) is 5.78. The lowest BCUT2D eigenvalue weighted by atomic mass is 10.0. The summed E-state index contributed by atoms with van der Waals surface area (Å²) in [5.41, 5.74) is 1.96. The molecule has 0 bridgehead atoms. The highest BCUT2D eigenvalue weighted by atomic mass is 16.5. The standard InChI is InChI=1S/C17H21N3O3/c1-12-10-17(23-19-12)18-16(21)11-20-9-3-4-15(20)13-5-7-14(22-2)8-6-13/h5-8,10,15H,3-4,9,11H2,1-2H3,(H,18,21). The van der Waals surface area contributed by atoms with Crippen molar-refractivity contribution in [2.45, 2.75) is 25.8 Å². The molecule has 23 heavy (non-hydrogen) atoms. The van der Waals surface area contributed by atoms with Gasteiger partial charge in [-0.25, -0.2) is 0 Å². The van der Waals surface area contributed by atoms with Crippen molar-refractivity contribution in [2.75, 3.05) is 25.5 Å². The van der Waals surface area contributed by atoms with Gasteiger partial charge in [0.15, 0.2) is 0 Å². The maximum absolute atomic E-state index is 12.2. The lowest BCUT2D eigenvalue weighted by molar-refractivity contribution is -0.117. The zero-order valence-electron chi connectivity index (χ0n) is 13.4. The largest absolute Gasteiger partial charge is 0.497 e. The molecular weight excluding hydrogens is 294 g/mol. The Morgan fingerprint density at radius 2 is 2.22 bits per heavy atom. The topological polar surface area (TPSA) is 67.6 Å². The Morgan fingerprint density at radius 1 is 1.43 bits per heavy atom. The Labute approximate surface area is 135 Å². The van der Waals surface area contributed by atoms with Crippen LogP contribution >= 0.6 is 0 Å². The van der Waals surface area contributed by atoms with Crippen LogP contribution in [0.15, 0.2) is 34.9 Å². The SMILES string of the molecule is COc1ccc(C2CCCN2CC(=O)Nc2cc(C)no2)cc1. The number of anilines is 1. The average Bonchev–Trinajstić information content (AvgIpc) is 3.16. The number of hydrogen-bond acceptors (Lipinski definition) is 5. The average molecular weight is 315 g/mol. The molecule has 1 N–H and O–H groups in total. The van der Waals surface area contributed by atoms with E-state index < -0.39 is 0 Å². The molecule has 1 aromatic carbocycles. The summed E-state index contributed by atoms with van der Waals surface area (Å²) in [6.45, 7) is 3.08. The first kappa shape index (κ1) is 15.6. The molecule has 2 heterocycles. The van der Waals surface area contributed by atoms with Gasteiger partial charge >= 0.3 is 0 Å². The van der Waals surface area contributed by atoms with Gasteiger partial charge in [0.05, 0.1) is 19.3 Å². The number of amides is 1. The summed E-state index contributed by atoms with van der Waals surface area (Å²) in [6, 6.07) is 10.0. The van der Waals surface area contributed by atoms with E-state index in [-0.39, 0.29) is 11.9 Å². The molecule has 122 valence electrons. The Morgan fingerprint density at radius 3 is 2.87 bits per heavy atom. The maximum atomic E-state index is 12.2. The minimum Gasteiger partial charge on any atom is -0.497 e. The van der Waals surface area contributed by atoms with Crippen molar-refractivity contribution in [3.63, 3.8) is 0 Å². The number of benzene rings is 1. The molecule has 1 unspecified atom stereocenters. The van der Waals surface area contributed by atoms with Crippen molar-refractivity contribution in [3.8, 4) is 5.75 Å². The van der Waals surface area contributed by atoms with Crippen molar-refractivity contribution in [1.29, 1.82) is 0 Å². The van der Waals surface area contributed by atoms with Gasteiger partial charge in [-0.3, -0.25) is 15.0 Å². The van der Waals surface area contributed by atoms with E-state index in [1.54, 1.807) is 13.2 Å². The summed E-state index contributed by atoms with van der Waals surface area (Å²) in [5.74, 6) is 1.16. The number of carbonyl (C=O) groups is 1. The van der Waals surface area contributed by atoms with Crippen molar-refractivity contribution >= 4 is 11.8 Å². The summed E-state index contributed by atoms with van der Waals surface area (Å²) in [7, 11) is 1.66. The van der Waals surface area contributed by atoms with Gasteiger partial charge in [-0.1, -0.05) is 17.3 Å². The van der Waals surface area contributed by atoms with Crippen molar-refractivity contribution < 1.29 is 14.1 Å². The Hall–Kier alpha value is -2.34. The number of nitrogens with one attached hydrogen (secondary N) is 1. The molecule has 0 spiro atoms.